The fourth-order valence-corrected chi connectivity index (χ4v) is 10.4. The zero-order valence-electron chi connectivity index (χ0n) is 16.5. The maximum Gasteiger partial charge on any atom is 0.200 e. The Balaban J connectivity index is 2.37. The molecule has 1 fully saturated rings. The van der Waals surface area contributed by atoms with Gasteiger partial charge in [-0.1, -0.05) is 53.7 Å². The fraction of sp³-hybridized carbons (Fsp3) is 0.700. The van der Waals surface area contributed by atoms with E-state index >= 15 is 0 Å². The molecular weight excluding hydrogens is 330 g/mol. The van der Waals surface area contributed by atoms with Crippen LogP contribution in [0.25, 0.3) is 0 Å². The fourth-order valence-electron chi connectivity index (χ4n) is 4.79. The van der Waals surface area contributed by atoms with E-state index in [0.717, 1.165) is 12.1 Å². The van der Waals surface area contributed by atoms with Crippen molar-refractivity contribution in [1.29, 1.82) is 0 Å². The second-order valence-corrected chi connectivity index (χ2v) is 13.7. The molecule has 4 nitrogen and oxygen atoms in total. The highest BCUT2D eigenvalue weighted by Gasteiger charge is 2.49. The number of benzene rings is 1. The predicted octanol–water partition coefficient (Wildman–Crippen LogP) is 4.00. The number of aromatic hydroxyl groups is 1. The van der Waals surface area contributed by atoms with Crippen molar-refractivity contribution in [1.82, 2.24) is 5.32 Å². The zero-order valence-corrected chi connectivity index (χ0v) is 17.5. The molecule has 0 bridgehead atoms. The molecule has 1 heterocycles. The number of phenolic OH excluding ortho intramolecular Hbond substituents is 1. The number of phenols is 1. The Labute approximate surface area is 153 Å². The Kier molecular flexibility index (Phi) is 6.71. The number of hydrogen-bond donors (Lipinski definition) is 3. The summed E-state index contributed by atoms with van der Waals surface area (Å²) in [6.07, 6.45) is -0.534. The van der Waals surface area contributed by atoms with Gasteiger partial charge >= 0.3 is 0 Å². The number of piperidine rings is 1. The highest BCUT2D eigenvalue weighted by molar-refractivity contribution is 6.77. The number of β-amino-alcohol motifs (C(OH)–C–C–N with tert-alkyl or cyclic N) is 1. The van der Waals surface area contributed by atoms with Crippen molar-refractivity contribution in [3.05, 3.63) is 29.8 Å². The lowest BCUT2D eigenvalue weighted by Gasteiger charge is -2.48. The molecule has 0 saturated carbocycles. The molecule has 0 radical (unpaired) electrons. The van der Waals surface area contributed by atoms with E-state index in [1.54, 1.807) is 12.1 Å². The summed E-state index contributed by atoms with van der Waals surface area (Å²) in [4.78, 5) is 0. The normalized spacial score (nSPS) is 25.1. The number of aliphatic hydroxyl groups is 1. The smallest absolute Gasteiger partial charge is 0.200 e. The Morgan fingerprint density at radius 3 is 1.96 bits per heavy atom. The van der Waals surface area contributed by atoms with Crippen LogP contribution in [0.15, 0.2) is 24.3 Å². The summed E-state index contributed by atoms with van der Waals surface area (Å²) in [6.45, 7) is 15.0. The average molecular weight is 366 g/mol. The summed E-state index contributed by atoms with van der Waals surface area (Å²) in [7, 11) is -2.03. The molecule has 1 aromatic rings. The average Bonchev–Trinajstić information content (AvgIpc) is 2.52. The first-order valence-corrected chi connectivity index (χ1v) is 11.7. The number of nitrogens with one attached hydrogen (secondary N) is 1. The summed E-state index contributed by atoms with van der Waals surface area (Å²) in [5.41, 5.74) is 2.56. The van der Waals surface area contributed by atoms with Gasteiger partial charge in [-0.15, -0.1) is 0 Å². The Morgan fingerprint density at radius 2 is 1.48 bits per heavy atom. The summed E-state index contributed by atoms with van der Waals surface area (Å²) in [5, 5.41) is 23.6. The van der Waals surface area contributed by atoms with Crippen molar-refractivity contribution >= 4 is 8.32 Å². The highest BCUT2D eigenvalue weighted by Crippen LogP contribution is 2.45. The third kappa shape index (κ3) is 4.10. The van der Waals surface area contributed by atoms with Crippen LogP contribution in [0.4, 0.5) is 0 Å². The van der Waals surface area contributed by atoms with E-state index in [0.29, 0.717) is 23.2 Å². The molecule has 2 rings (SSSR count). The largest absolute Gasteiger partial charge is 0.508 e. The summed E-state index contributed by atoms with van der Waals surface area (Å²) < 4.78 is 6.98. The van der Waals surface area contributed by atoms with E-state index in [-0.39, 0.29) is 17.8 Å². The van der Waals surface area contributed by atoms with Crippen LogP contribution < -0.4 is 5.32 Å². The second-order valence-electron chi connectivity index (χ2n) is 8.32. The lowest BCUT2D eigenvalue weighted by atomic mass is 9.85. The maximum atomic E-state index is 10.7. The maximum absolute atomic E-state index is 10.7. The van der Waals surface area contributed by atoms with Gasteiger partial charge in [0.15, 0.2) is 0 Å². The molecule has 0 aromatic heterocycles. The van der Waals surface area contributed by atoms with Crippen molar-refractivity contribution in [3.8, 4) is 5.75 Å². The van der Waals surface area contributed by atoms with E-state index in [2.05, 4.69) is 46.9 Å². The molecule has 0 amide bonds. The quantitative estimate of drug-likeness (QED) is 0.667. The minimum Gasteiger partial charge on any atom is -0.508 e. The van der Waals surface area contributed by atoms with Gasteiger partial charge < -0.3 is 20.0 Å². The van der Waals surface area contributed by atoms with Crippen LogP contribution in [0, 0.1) is 0 Å². The molecule has 25 heavy (non-hydrogen) atoms. The lowest BCUT2D eigenvalue weighted by Crippen LogP contribution is -2.57. The van der Waals surface area contributed by atoms with E-state index in [1.165, 1.54) is 0 Å². The zero-order chi connectivity index (χ0) is 18.8. The van der Waals surface area contributed by atoms with Crippen LogP contribution in [0.2, 0.25) is 16.6 Å². The van der Waals surface area contributed by atoms with Gasteiger partial charge in [0.05, 0.1) is 12.2 Å². The molecule has 0 spiro atoms. The van der Waals surface area contributed by atoms with Crippen molar-refractivity contribution in [2.45, 2.75) is 76.3 Å². The molecule has 2 unspecified atom stereocenters. The number of aliphatic hydroxyl groups excluding tert-OH is 1. The van der Waals surface area contributed by atoms with Crippen LogP contribution in [0.3, 0.4) is 0 Å². The van der Waals surface area contributed by atoms with E-state index < -0.39 is 14.4 Å². The molecule has 1 aliphatic rings. The van der Waals surface area contributed by atoms with E-state index in [1.807, 2.05) is 12.1 Å². The van der Waals surface area contributed by atoms with E-state index in [4.69, 9.17) is 4.43 Å². The Hall–Kier alpha value is -0.883. The second kappa shape index (κ2) is 8.21. The minimum atomic E-state index is -2.03. The molecular formula is C20H35NO3Si. The number of rotatable bonds is 6. The standard InChI is InChI=1S/C20H35NO3Si/c1-13(2)25(14(3)4,15(5)6)24-19-12-21-11-18(23)20(19)16-7-9-17(22)10-8-16/h7-10,13-15,18-23H,11-12H2,1-6H3/t18?,19-,20?/m1/s1. The third-order valence-corrected chi connectivity index (χ3v) is 12.0. The van der Waals surface area contributed by atoms with Crippen LogP contribution in [0.1, 0.15) is 53.0 Å². The van der Waals surface area contributed by atoms with Gasteiger partial charge in [0, 0.05) is 19.0 Å². The molecule has 1 aliphatic heterocycles. The molecule has 1 saturated heterocycles. The van der Waals surface area contributed by atoms with Crippen molar-refractivity contribution < 1.29 is 14.6 Å². The monoisotopic (exact) mass is 365 g/mol. The molecule has 1 aromatic carbocycles. The molecule has 0 aliphatic carbocycles. The Morgan fingerprint density at radius 1 is 0.960 bits per heavy atom. The van der Waals surface area contributed by atoms with Crippen LogP contribution in [-0.2, 0) is 4.43 Å². The molecule has 3 atom stereocenters. The summed E-state index contributed by atoms with van der Waals surface area (Å²) in [6, 6.07) is 7.21. The van der Waals surface area contributed by atoms with Gasteiger partial charge in [-0.05, 0) is 34.3 Å². The van der Waals surface area contributed by atoms with Crippen LogP contribution >= 0.6 is 0 Å². The summed E-state index contributed by atoms with van der Waals surface area (Å²) in [5.74, 6) is 0.185. The first-order valence-electron chi connectivity index (χ1n) is 9.55. The third-order valence-electron chi connectivity index (χ3n) is 5.85. The molecule has 3 N–H and O–H groups in total. The van der Waals surface area contributed by atoms with Crippen molar-refractivity contribution in [3.63, 3.8) is 0 Å². The van der Waals surface area contributed by atoms with E-state index in [9.17, 15) is 10.2 Å². The lowest BCUT2D eigenvalue weighted by molar-refractivity contribution is 0.0303. The highest BCUT2D eigenvalue weighted by atomic mass is 28.4. The van der Waals surface area contributed by atoms with Crippen molar-refractivity contribution in [2.24, 2.45) is 0 Å². The summed E-state index contributed by atoms with van der Waals surface area (Å²) >= 11 is 0. The van der Waals surface area contributed by atoms with Gasteiger partial charge in [0.1, 0.15) is 5.75 Å². The first kappa shape index (κ1) is 20.4. The topological polar surface area (TPSA) is 61.7 Å². The Bertz CT molecular complexity index is 523. The van der Waals surface area contributed by atoms with Gasteiger partial charge in [-0.2, -0.15) is 0 Å². The van der Waals surface area contributed by atoms with Gasteiger partial charge in [0.25, 0.3) is 0 Å². The minimum absolute atomic E-state index is 0.0489. The van der Waals surface area contributed by atoms with Gasteiger partial charge in [0.2, 0.25) is 8.32 Å². The SMILES string of the molecule is CC(C)[Si](O[C@@H]1CNCC(O)C1c1ccc(O)cc1)(C(C)C)C(C)C. The first-order chi connectivity index (χ1) is 11.7. The molecule has 142 valence electrons. The van der Waals surface area contributed by atoms with Crippen LogP contribution in [0.5, 0.6) is 5.75 Å². The predicted molar refractivity (Wildman–Crippen MR) is 106 cm³/mol. The van der Waals surface area contributed by atoms with Crippen molar-refractivity contribution in [2.75, 3.05) is 13.1 Å². The van der Waals surface area contributed by atoms with Gasteiger partial charge in [-0.3, -0.25) is 0 Å². The van der Waals surface area contributed by atoms with Gasteiger partial charge in [-0.25, -0.2) is 0 Å². The van der Waals surface area contributed by atoms with Crippen LogP contribution in [-0.4, -0.2) is 43.8 Å². The molecule has 5 heteroatoms. The number of hydrogen-bond acceptors (Lipinski definition) is 4.